The van der Waals surface area contributed by atoms with Crippen molar-refractivity contribution < 1.29 is 4.39 Å². The van der Waals surface area contributed by atoms with Gasteiger partial charge in [0.15, 0.2) is 0 Å². The second kappa shape index (κ2) is 4.70. The predicted octanol–water partition coefficient (Wildman–Crippen LogP) is 3.42. The molecule has 0 fully saturated rings. The van der Waals surface area contributed by atoms with E-state index in [-0.39, 0.29) is 0 Å². The van der Waals surface area contributed by atoms with Gasteiger partial charge in [0.2, 0.25) is 0 Å². The van der Waals surface area contributed by atoms with Crippen molar-refractivity contribution in [1.29, 1.82) is 0 Å². The minimum absolute atomic E-state index is 0.542. The lowest BCUT2D eigenvalue weighted by molar-refractivity contribution is 0.276. The highest BCUT2D eigenvalue weighted by Gasteiger charge is 2.08. The van der Waals surface area contributed by atoms with Gasteiger partial charge in [-0.15, -0.1) is 0 Å². The zero-order valence-electron chi connectivity index (χ0n) is 7.52. The SMILES string of the molecule is CC(C)CC(C)CC(C)F. The average molecular weight is 146 g/mol. The van der Waals surface area contributed by atoms with Crippen LogP contribution in [0.1, 0.15) is 40.5 Å². The molecule has 0 bridgehead atoms. The van der Waals surface area contributed by atoms with Gasteiger partial charge < -0.3 is 0 Å². The first kappa shape index (κ1) is 9.93. The first-order valence-electron chi connectivity index (χ1n) is 4.16. The van der Waals surface area contributed by atoms with Gasteiger partial charge in [-0.3, -0.25) is 0 Å². The molecule has 0 radical (unpaired) electrons. The number of rotatable bonds is 4. The molecule has 62 valence electrons. The topological polar surface area (TPSA) is 0 Å². The maximum Gasteiger partial charge on any atom is 0.0976 e. The fourth-order valence-corrected chi connectivity index (χ4v) is 1.46. The monoisotopic (exact) mass is 146 g/mol. The zero-order chi connectivity index (χ0) is 8.15. The highest BCUT2D eigenvalue weighted by atomic mass is 19.1. The zero-order valence-corrected chi connectivity index (χ0v) is 7.52. The maximum atomic E-state index is 12.4. The Bertz CT molecular complexity index is 66.8. The molecule has 0 nitrogen and oxygen atoms in total. The molecule has 0 saturated carbocycles. The summed E-state index contributed by atoms with van der Waals surface area (Å²) in [6.07, 6.45) is 1.24. The van der Waals surface area contributed by atoms with Crippen LogP contribution in [0.5, 0.6) is 0 Å². The molecule has 0 amide bonds. The third-order valence-electron chi connectivity index (χ3n) is 1.60. The van der Waals surface area contributed by atoms with Gasteiger partial charge in [-0.1, -0.05) is 20.8 Å². The largest absolute Gasteiger partial charge is 0.248 e. The van der Waals surface area contributed by atoms with Crippen LogP contribution in [0.3, 0.4) is 0 Å². The second-order valence-electron chi connectivity index (χ2n) is 3.75. The van der Waals surface area contributed by atoms with Crippen molar-refractivity contribution in [2.75, 3.05) is 0 Å². The summed E-state index contributed by atoms with van der Waals surface area (Å²) >= 11 is 0. The number of hydrogen-bond donors (Lipinski definition) is 0. The van der Waals surface area contributed by atoms with Gasteiger partial charge in [0.05, 0.1) is 6.17 Å². The molecule has 10 heavy (non-hydrogen) atoms. The van der Waals surface area contributed by atoms with E-state index < -0.39 is 6.17 Å². The summed E-state index contributed by atoms with van der Waals surface area (Å²) in [6.45, 7) is 8.12. The Morgan fingerprint density at radius 1 is 1.00 bits per heavy atom. The van der Waals surface area contributed by atoms with Gasteiger partial charge in [-0.2, -0.15) is 0 Å². The van der Waals surface area contributed by atoms with Crippen molar-refractivity contribution >= 4 is 0 Å². The molecule has 0 aliphatic heterocycles. The molecule has 2 atom stereocenters. The molecular weight excluding hydrogens is 127 g/mol. The highest BCUT2D eigenvalue weighted by molar-refractivity contribution is 4.59. The minimum Gasteiger partial charge on any atom is -0.248 e. The molecule has 0 aromatic heterocycles. The van der Waals surface area contributed by atoms with Crippen LogP contribution in [0.2, 0.25) is 0 Å². The lowest BCUT2D eigenvalue weighted by Crippen LogP contribution is -2.05. The normalized spacial score (nSPS) is 17.4. The molecule has 0 heterocycles. The standard InChI is InChI=1S/C9H19F/c1-7(2)5-8(3)6-9(4)10/h7-9H,5-6H2,1-4H3. The summed E-state index contributed by atoms with van der Waals surface area (Å²) in [4.78, 5) is 0. The molecule has 0 saturated heterocycles. The molecule has 0 aliphatic rings. The molecule has 1 heteroatoms. The predicted molar refractivity (Wildman–Crippen MR) is 43.8 cm³/mol. The third kappa shape index (κ3) is 6.06. The van der Waals surface area contributed by atoms with E-state index in [2.05, 4.69) is 20.8 Å². The molecule has 0 rings (SSSR count). The van der Waals surface area contributed by atoms with Gasteiger partial charge in [0.1, 0.15) is 0 Å². The van der Waals surface area contributed by atoms with Crippen LogP contribution in [-0.2, 0) is 0 Å². The van der Waals surface area contributed by atoms with Gasteiger partial charge >= 0.3 is 0 Å². The molecule has 0 N–H and O–H groups in total. The Balaban J connectivity index is 3.34. The molecule has 0 aromatic carbocycles. The van der Waals surface area contributed by atoms with E-state index in [1.165, 1.54) is 0 Å². The van der Waals surface area contributed by atoms with Crippen molar-refractivity contribution in [3.63, 3.8) is 0 Å². The maximum absolute atomic E-state index is 12.4. The molecule has 0 aromatic rings. The van der Waals surface area contributed by atoms with Crippen LogP contribution in [0.25, 0.3) is 0 Å². The quantitative estimate of drug-likeness (QED) is 0.570. The Hall–Kier alpha value is -0.0700. The Morgan fingerprint density at radius 3 is 1.80 bits per heavy atom. The van der Waals surface area contributed by atoms with Crippen LogP contribution in [0, 0.1) is 11.8 Å². The average Bonchev–Trinajstić information content (AvgIpc) is 1.58. The fraction of sp³-hybridized carbons (Fsp3) is 1.00. The van der Waals surface area contributed by atoms with Crippen molar-refractivity contribution in [1.82, 2.24) is 0 Å². The Morgan fingerprint density at radius 2 is 1.50 bits per heavy atom. The molecule has 0 spiro atoms. The summed E-state index contributed by atoms with van der Waals surface area (Å²) < 4.78 is 12.4. The van der Waals surface area contributed by atoms with E-state index >= 15 is 0 Å². The summed E-state index contributed by atoms with van der Waals surface area (Å²) in [6, 6.07) is 0. The van der Waals surface area contributed by atoms with Gasteiger partial charge in [-0.25, -0.2) is 4.39 Å². The first-order chi connectivity index (χ1) is 4.52. The fourth-order valence-electron chi connectivity index (χ4n) is 1.46. The van der Waals surface area contributed by atoms with Gasteiger partial charge in [0.25, 0.3) is 0 Å². The lowest BCUT2D eigenvalue weighted by atomic mass is 9.94. The Kier molecular flexibility index (Phi) is 4.67. The number of halogens is 1. The number of hydrogen-bond acceptors (Lipinski definition) is 0. The first-order valence-corrected chi connectivity index (χ1v) is 4.16. The molecular formula is C9H19F. The van der Waals surface area contributed by atoms with Crippen LogP contribution in [0.15, 0.2) is 0 Å². The summed E-state index contributed by atoms with van der Waals surface area (Å²) in [5, 5.41) is 0. The van der Waals surface area contributed by atoms with Gasteiger partial charge in [0, 0.05) is 0 Å². The van der Waals surface area contributed by atoms with E-state index in [4.69, 9.17) is 0 Å². The lowest BCUT2D eigenvalue weighted by Gasteiger charge is -2.13. The molecule has 0 aliphatic carbocycles. The molecule has 2 unspecified atom stereocenters. The van der Waals surface area contributed by atoms with Gasteiger partial charge in [-0.05, 0) is 31.6 Å². The van der Waals surface area contributed by atoms with Crippen LogP contribution in [-0.4, -0.2) is 6.17 Å². The van der Waals surface area contributed by atoms with E-state index in [1.807, 2.05) is 0 Å². The Labute approximate surface area is 63.8 Å². The van der Waals surface area contributed by atoms with Crippen LogP contribution >= 0.6 is 0 Å². The highest BCUT2D eigenvalue weighted by Crippen LogP contribution is 2.17. The summed E-state index contributed by atoms with van der Waals surface area (Å²) in [5.41, 5.74) is 0. The van der Waals surface area contributed by atoms with Crippen molar-refractivity contribution in [3.05, 3.63) is 0 Å². The van der Waals surface area contributed by atoms with Crippen molar-refractivity contribution in [3.8, 4) is 0 Å². The second-order valence-corrected chi connectivity index (χ2v) is 3.75. The third-order valence-corrected chi connectivity index (χ3v) is 1.60. The van der Waals surface area contributed by atoms with Crippen molar-refractivity contribution in [2.45, 2.75) is 46.7 Å². The number of alkyl halides is 1. The van der Waals surface area contributed by atoms with E-state index in [1.54, 1.807) is 6.92 Å². The van der Waals surface area contributed by atoms with Crippen molar-refractivity contribution in [2.24, 2.45) is 11.8 Å². The summed E-state index contributed by atoms with van der Waals surface area (Å²) in [5.74, 6) is 1.24. The van der Waals surface area contributed by atoms with E-state index in [0.717, 1.165) is 12.8 Å². The van der Waals surface area contributed by atoms with E-state index in [9.17, 15) is 4.39 Å². The minimum atomic E-state index is -0.631. The van der Waals surface area contributed by atoms with Crippen LogP contribution < -0.4 is 0 Å². The summed E-state index contributed by atoms with van der Waals surface area (Å²) in [7, 11) is 0. The van der Waals surface area contributed by atoms with E-state index in [0.29, 0.717) is 11.8 Å². The van der Waals surface area contributed by atoms with Crippen LogP contribution in [0.4, 0.5) is 4.39 Å². The smallest absolute Gasteiger partial charge is 0.0976 e.